The van der Waals surface area contributed by atoms with E-state index in [1.807, 2.05) is 0 Å². The number of methoxy groups -OCH3 is 2. The lowest BCUT2D eigenvalue weighted by Crippen LogP contribution is -2.11. The van der Waals surface area contributed by atoms with Crippen molar-refractivity contribution in [1.29, 1.82) is 0 Å². The Kier molecular flexibility index (Phi) is 8.30. The molecule has 0 atom stereocenters. The van der Waals surface area contributed by atoms with Gasteiger partial charge >= 0.3 is 5.97 Å². The van der Waals surface area contributed by atoms with Gasteiger partial charge in [-0.2, -0.15) is 0 Å². The highest BCUT2D eigenvalue weighted by molar-refractivity contribution is 6.41. The number of nitrogens with zero attached hydrogens (tertiary/aromatic N) is 1. The number of carbonyl (C=O) groups excluding carboxylic acids is 1. The number of nitrogens with one attached hydrogen (secondary N) is 1. The Morgan fingerprint density at radius 1 is 1.18 bits per heavy atom. The van der Waals surface area contributed by atoms with Crippen LogP contribution in [0.3, 0.4) is 0 Å². The molecule has 0 spiro atoms. The molecule has 0 bridgehead atoms. The predicted molar refractivity (Wildman–Crippen MR) is 111 cm³/mol. The summed E-state index contributed by atoms with van der Waals surface area (Å²) in [6, 6.07) is 3.04. The second kappa shape index (κ2) is 10.5. The molecule has 0 amide bonds. The van der Waals surface area contributed by atoms with Crippen molar-refractivity contribution in [2.45, 2.75) is 6.42 Å². The van der Waals surface area contributed by atoms with Crippen LogP contribution in [0.4, 0.5) is 5.69 Å². The number of benzene rings is 1. The van der Waals surface area contributed by atoms with E-state index in [-0.39, 0.29) is 28.0 Å². The highest BCUT2D eigenvalue weighted by atomic mass is 35.5. The number of allylic oxidation sites excluding steroid dienone is 4. The SMILES string of the molecule is COC=C(OC1=CC=C(Cl)CC1=C=NNc1c(Cl)cc(Cl)cc1Cl)C(=O)OC. The largest absolute Gasteiger partial charge is 0.500 e. The zero-order valence-corrected chi connectivity index (χ0v) is 17.7. The second-order valence-corrected chi connectivity index (χ2v) is 6.93. The molecule has 1 aliphatic rings. The smallest absolute Gasteiger partial charge is 0.377 e. The van der Waals surface area contributed by atoms with E-state index in [4.69, 9.17) is 55.9 Å². The topological polar surface area (TPSA) is 69.2 Å². The molecule has 0 aliphatic heterocycles. The van der Waals surface area contributed by atoms with E-state index in [0.717, 1.165) is 6.26 Å². The molecule has 10 heteroatoms. The summed E-state index contributed by atoms with van der Waals surface area (Å²) in [5, 5.41) is 5.50. The maximum atomic E-state index is 11.8. The van der Waals surface area contributed by atoms with E-state index < -0.39 is 5.97 Å². The average Bonchev–Trinajstić information content (AvgIpc) is 2.64. The number of anilines is 1. The summed E-state index contributed by atoms with van der Waals surface area (Å²) in [4.78, 5) is 11.8. The second-order valence-electron chi connectivity index (χ2n) is 5.19. The zero-order valence-electron chi connectivity index (χ0n) is 14.7. The molecule has 0 saturated carbocycles. The van der Waals surface area contributed by atoms with Gasteiger partial charge in [0.15, 0.2) is 0 Å². The van der Waals surface area contributed by atoms with E-state index >= 15 is 0 Å². The van der Waals surface area contributed by atoms with Crippen LogP contribution < -0.4 is 5.43 Å². The normalized spacial score (nSPS) is 13.8. The summed E-state index contributed by atoms with van der Waals surface area (Å²) in [6.07, 6.45) is 4.59. The van der Waals surface area contributed by atoms with Crippen molar-refractivity contribution in [3.05, 3.63) is 67.7 Å². The first-order valence-electron chi connectivity index (χ1n) is 7.63. The molecule has 0 radical (unpaired) electrons. The number of hydrogen-bond acceptors (Lipinski definition) is 6. The first kappa shape index (κ1) is 22.2. The molecular weight excluding hydrogens is 450 g/mol. The van der Waals surface area contributed by atoms with Crippen molar-refractivity contribution in [2.24, 2.45) is 5.10 Å². The van der Waals surface area contributed by atoms with Gasteiger partial charge in [-0.3, -0.25) is 5.43 Å². The molecule has 2 rings (SSSR count). The summed E-state index contributed by atoms with van der Waals surface area (Å²) in [6.45, 7) is 0. The molecule has 0 unspecified atom stereocenters. The molecule has 28 heavy (non-hydrogen) atoms. The lowest BCUT2D eigenvalue weighted by atomic mass is 10.1. The van der Waals surface area contributed by atoms with Gasteiger partial charge in [0.25, 0.3) is 0 Å². The fourth-order valence-electron chi connectivity index (χ4n) is 2.01. The number of hydrazone groups is 1. The molecule has 1 aliphatic carbocycles. The van der Waals surface area contributed by atoms with Gasteiger partial charge in [0, 0.05) is 22.3 Å². The number of halogens is 4. The van der Waals surface area contributed by atoms with Gasteiger partial charge in [-0.1, -0.05) is 46.4 Å². The van der Waals surface area contributed by atoms with Crippen molar-refractivity contribution in [2.75, 3.05) is 19.6 Å². The molecule has 0 saturated heterocycles. The molecule has 0 fully saturated rings. The molecule has 1 N–H and O–H groups in total. The fraction of sp³-hybridized carbons (Fsp3) is 0.167. The first-order chi connectivity index (χ1) is 13.3. The van der Waals surface area contributed by atoms with Crippen LogP contribution in [0.25, 0.3) is 0 Å². The molecular formula is C18H14Cl4N2O4. The summed E-state index contributed by atoms with van der Waals surface area (Å²) in [7, 11) is 2.60. The average molecular weight is 464 g/mol. The molecule has 0 heterocycles. The van der Waals surface area contributed by atoms with Crippen LogP contribution in [0, 0.1) is 0 Å². The van der Waals surface area contributed by atoms with Crippen LogP contribution in [0.5, 0.6) is 0 Å². The maximum Gasteiger partial charge on any atom is 0.377 e. The zero-order chi connectivity index (χ0) is 20.7. The number of carbonyl (C=O) groups is 1. The Hall–Kier alpha value is -2.08. The lowest BCUT2D eigenvalue weighted by Gasteiger charge is -2.15. The molecule has 148 valence electrons. The van der Waals surface area contributed by atoms with Gasteiger partial charge in [-0.05, 0) is 24.3 Å². The molecule has 1 aromatic carbocycles. The van der Waals surface area contributed by atoms with Crippen LogP contribution in [-0.4, -0.2) is 26.1 Å². The van der Waals surface area contributed by atoms with Crippen LogP contribution in [0.15, 0.2) is 57.8 Å². The lowest BCUT2D eigenvalue weighted by molar-refractivity contribution is -0.139. The van der Waals surface area contributed by atoms with Crippen LogP contribution >= 0.6 is 46.4 Å². The van der Waals surface area contributed by atoms with Crippen LogP contribution in [0.1, 0.15) is 6.42 Å². The highest BCUT2D eigenvalue weighted by Gasteiger charge is 2.20. The number of hydrogen-bond donors (Lipinski definition) is 1. The maximum absolute atomic E-state index is 11.8. The minimum Gasteiger partial charge on any atom is -0.500 e. The summed E-state index contributed by atoms with van der Waals surface area (Å²) >= 11 is 24.2. The Morgan fingerprint density at radius 3 is 2.46 bits per heavy atom. The third-order valence-corrected chi connectivity index (χ3v) is 4.33. The van der Waals surface area contributed by atoms with E-state index in [1.54, 1.807) is 12.2 Å². The fourth-order valence-corrected chi connectivity index (χ4v) is 3.11. The number of ether oxygens (including phenoxy) is 3. The number of rotatable bonds is 6. The molecule has 1 aromatic rings. The van der Waals surface area contributed by atoms with Crippen LogP contribution in [-0.2, 0) is 19.0 Å². The van der Waals surface area contributed by atoms with Gasteiger partial charge < -0.3 is 14.2 Å². The van der Waals surface area contributed by atoms with Crippen molar-refractivity contribution >= 4 is 63.9 Å². The molecule has 6 nitrogen and oxygen atoms in total. The Balaban J connectivity index is 2.30. The summed E-state index contributed by atoms with van der Waals surface area (Å²) in [5.41, 5.74) is 3.52. The van der Waals surface area contributed by atoms with Crippen molar-refractivity contribution in [3.63, 3.8) is 0 Å². The van der Waals surface area contributed by atoms with Gasteiger partial charge in [0.1, 0.15) is 12.0 Å². The van der Waals surface area contributed by atoms with Gasteiger partial charge in [-0.15, -0.1) is 5.10 Å². The summed E-state index contributed by atoms with van der Waals surface area (Å²) in [5.74, 6) is 2.19. The third kappa shape index (κ3) is 5.96. The van der Waals surface area contributed by atoms with E-state index in [2.05, 4.69) is 21.1 Å². The quantitative estimate of drug-likeness (QED) is 0.194. The van der Waals surface area contributed by atoms with Crippen molar-refractivity contribution in [3.8, 4) is 0 Å². The van der Waals surface area contributed by atoms with Gasteiger partial charge in [0.2, 0.25) is 5.76 Å². The van der Waals surface area contributed by atoms with Crippen molar-refractivity contribution in [1.82, 2.24) is 0 Å². The Morgan fingerprint density at radius 2 is 1.86 bits per heavy atom. The summed E-state index contributed by atoms with van der Waals surface area (Å²) < 4.78 is 15.1. The van der Waals surface area contributed by atoms with E-state index in [1.165, 1.54) is 26.4 Å². The third-order valence-electron chi connectivity index (χ3n) is 3.26. The highest BCUT2D eigenvalue weighted by Crippen LogP contribution is 2.33. The standard InChI is InChI=1S/C18H14Cl4N2O4/c1-26-9-16(18(25)27-2)28-15-4-3-11(19)5-10(15)8-23-24-17-13(21)6-12(20)7-14(17)22/h3-4,6-7,9,24H,5H2,1-2H3. The first-order valence-corrected chi connectivity index (χ1v) is 9.14. The van der Waals surface area contributed by atoms with E-state index in [0.29, 0.717) is 21.3 Å². The minimum atomic E-state index is -0.711. The van der Waals surface area contributed by atoms with E-state index in [9.17, 15) is 4.79 Å². The van der Waals surface area contributed by atoms with Crippen LogP contribution in [0.2, 0.25) is 15.1 Å². The number of esters is 1. The monoisotopic (exact) mass is 462 g/mol. The minimum absolute atomic E-state index is 0.154. The Labute approximate surface area is 181 Å². The van der Waals surface area contributed by atoms with Crippen molar-refractivity contribution < 1.29 is 19.0 Å². The van der Waals surface area contributed by atoms with Gasteiger partial charge in [0.05, 0.1) is 35.5 Å². The van der Waals surface area contributed by atoms with Gasteiger partial charge in [-0.25, -0.2) is 4.79 Å². The molecule has 0 aromatic heterocycles. The Bertz CT molecular complexity index is 909. The predicted octanol–water partition coefficient (Wildman–Crippen LogP) is 5.66.